The van der Waals surface area contributed by atoms with Crippen LogP contribution in [-0.4, -0.2) is 112 Å². The average molecular weight is 622 g/mol. The molecule has 45 heavy (non-hydrogen) atoms. The molecule has 2 amide bonds. The summed E-state index contributed by atoms with van der Waals surface area (Å²) in [7, 11) is 1.93. The van der Waals surface area contributed by atoms with E-state index in [4.69, 9.17) is 10.3 Å². The van der Waals surface area contributed by atoms with Crippen molar-refractivity contribution in [2.75, 3.05) is 69.7 Å². The lowest BCUT2D eigenvalue weighted by Gasteiger charge is -2.46. The molecule has 3 aliphatic rings. The molecule has 2 unspecified atom stereocenters. The van der Waals surface area contributed by atoms with E-state index in [1.165, 1.54) is 16.7 Å². The van der Waals surface area contributed by atoms with Gasteiger partial charge >= 0.3 is 0 Å². The largest absolute Gasteiger partial charge is 0.366 e. The number of imidazole rings is 1. The molecule has 0 aromatic carbocycles. The number of fused-ring (bicyclic) bond motifs is 1. The van der Waals surface area contributed by atoms with Crippen LogP contribution in [0.25, 0.3) is 16.1 Å². The monoisotopic (exact) mass is 621 g/mol. The molecule has 17 heteroatoms. The van der Waals surface area contributed by atoms with Crippen molar-refractivity contribution in [1.82, 2.24) is 40.0 Å². The highest BCUT2D eigenvalue weighted by molar-refractivity contribution is 6.02. The van der Waals surface area contributed by atoms with Crippen LogP contribution < -0.4 is 21.0 Å². The van der Waals surface area contributed by atoms with Gasteiger partial charge in [-0.15, -0.1) is 0 Å². The van der Waals surface area contributed by atoms with E-state index in [2.05, 4.69) is 50.8 Å². The van der Waals surface area contributed by atoms with Gasteiger partial charge < -0.3 is 24.7 Å². The second-order valence-corrected chi connectivity index (χ2v) is 11.8. The van der Waals surface area contributed by atoms with E-state index in [-0.39, 0.29) is 35.6 Å². The van der Waals surface area contributed by atoms with Gasteiger partial charge in [-0.05, 0) is 25.3 Å². The summed E-state index contributed by atoms with van der Waals surface area (Å²) < 4.78 is 21.6. The number of aryl methyl sites for hydroxylation is 1. The number of hydrogen-bond donors (Lipinski definition) is 3. The van der Waals surface area contributed by atoms with Crippen LogP contribution in [0.2, 0.25) is 0 Å². The second kappa shape index (κ2) is 12.9. The fraction of sp³-hybridized carbons (Fsp3) is 0.536. The van der Waals surface area contributed by atoms with Gasteiger partial charge in [-0.2, -0.15) is 0 Å². The van der Waals surface area contributed by atoms with Crippen LogP contribution in [0.1, 0.15) is 29.0 Å². The summed E-state index contributed by atoms with van der Waals surface area (Å²) in [5.41, 5.74) is 12.8. The number of rotatable bonds is 14. The molecule has 0 aliphatic carbocycles. The van der Waals surface area contributed by atoms with E-state index < -0.39 is 11.7 Å². The van der Waals surface area contributed by atoms with Gasteiger partial charge in [-0.25, -0.2) is 29.8 Å². The number of carbonyl (C=O) groups excluding carboxylic acids is 2. The molecule has 3 aliphatic heterocycles. The second-order valence-electron chi connectivity index (χ2n) is 11.8. The highest BCUT2D eigenvalue weighted by Gasteiger charge is 2.47. The Morgan fingerprint density at radius 3 is 2.73 bits per heavy atom. The Kier molecular flexibility index (Phi) is 8.78. The van der Waals surface area contributed by atoms with E-state index in [0.29, 0.717) is 49.0 Å². The quantitative estimate of drug-likeness (QED) is 0.102. The third-order valence-electron chi connectivity index (χ3n) is 8.44. The number of ether oxygens (including phenoxy) is 1. The van der Waals surface area contributed by atoms with E-state index >= 15 is 0 Å². The van der Waals surface area contributed by atoms with Crippen LogP contribution >= 0.6 is 0 Å². The van der Waals surface area contributed by atoms with E-state index in [1.54, 1.807) is 25.5 Å². The van der Waals surface area contributed by atoms with Crippen molar-refractivity contribution >= 4 is 29.0 Å². The van der Waals surface area contributed by atoms with Crippen LogP contribution in [0.3, 0.4) is 0 Å². The van der Waals surface area contributed by atoms with Gasteiger partial charge in [0, 0.05) is 82.2 Å². The number of azide groups is 1. The number of pyridine rings is 1. The van der Waals surface area contributed by atoms with Gasteiger partial charge in [0.25, 0.3) is 5.91 Å². The standard InChI is InChI=1S/C28H36FN13O3/c1-18-10-42-14-20(7-22(29)26(42)35-18)36-27(44)23-8-33-24(9-32-23)41-12-19(13-41)11-40-15-21(16-40)45-17-25(43)31-5-3-28(37-39(28)2)4-6-34-38-30/h7-10,14,19,21,37H,3-6,11-13,15-17H2,1-2H3,(H,31,43)(H,36,44). The summed E-state index contributed by atoms with van der Waals surface area (Å²) >= 11 is 0. The van der Waals surface area contributed by atoms with Crippen LogP contribution in [0.15, 0.2) is 36.0 Å². The highest BCUT2D eigenvalue weighted by atomic mass is 19.1. The first-order chi connectivity index (χ1) is 21.7. The van der Waals surface area contributed by atoms with Gasteiger partial charge in [0.15, 0.2) is 11.5 Å². The van der Waals surface area contributed by atoms with E-state index in [9.17, 15) is 14.0 Å². The molecule has 3 aromatic rings. The fourth-order valence-corrected chi connectivity index (χ4v) is 5.85. The summed E-state index contributed by atoms with van der Waals surface area (Å²) in [6.45, 7) is 6.91. The lowest BCUT2D eigenvalue weighted by molar-refractivity contribution is -0.132. The molecular weight excluding hydrogens is 585 g/mol. The third kappa shape index (κ3) is 7.13. The summed E-state index contributed by atoms with van der Waals surface area (Å²) in [5.74, 6) is 0.0386. The molecule has 0 radical (unpaired) electrons. The lowest BCUT2D eigenvalue weighted by atomic mass is 9.97. The predicted molar refractivity (Wildman–Crippen MR) is 162 cm³/mol. The molecule has 238 valence electrons. The first kappa shape index (κ1) is 30.6. The van der Waals surface area contributed by atoms with Gasteiger partial charge in [0.05, 0.1) is 35.5 Å². The number of amides is 2. The number of carbonyl (C=O) groups is 2. The van der Waals surface area contributed by atoms with E-state index in [0.717, 1.165) is 32.7 Å². The van der Waals surface area contributed by atoms with Crippen molar-refractivity contribution in [2.24, 2.45) is 11.0 Å². The van der Waals surface area contributed by atoms with Crippen molar-refractivity contribution in [2.45, 2.75) is 31.5 Å². The Labute approximate surface area is 258 Å². The Morgan fingerprint density at radius 1 is 1.22 bits per heavy atom. The van der Waals surface area contributed by atoms with Crippen molar-refractivity contribution in [3.63, 3.8) is 0 Å². The van der Waals surface area contributed by atoms with Gasteiger partial charge in [-0.3, -0.25) is 14.5 Å². The first-order valence-electron chi connectivity index (χ1n) is 14.9. The number of nitrogens with zero attached hydrogens (tertiary/aromatic N) is 10. The normalized spacial score (nSPS) is 21.6. The molecule has 0 saturated carbocycles. The molecule has 16 nitrogen and oxygen atoms in total. The maximum absolute atomic E-state index is 14.3. The Morgan fingerprint density at radius 2 is 2.02 bits per heavy atom. The first-order valence-corrected chi connectivity index (χ1v) is 14.9. The zero-order valence-corrected chi connectivity index (χ0v) is 25.2. The van der Waals surface area contributed by atoms with Gasteiger partial charge in [0.2, 0.25) is 5.91 Å². The summed E-state index contributed by atoms with van der Waals surface area (Å²) in [6, 6.07) is 1.23. The fourth-order valence-electron chi connectivity index (χ4n) is 5.85. The Hall–Kier alpha value is -4.41. The minimum absolute atomic E-state index is 0.0355. The van der Waals surface area contributed by atoms with Crippen molar-refractivity contribution in [3.05, 3.63) is 58.5 Å². The van der Waals surface area contributed by atoms with Gasteiger partial charge in [-0.1, -0.05) is 5.11 Å². The van der Waals surface area contributed by atoms with Crippen LogP contribution in [0.5, 0.6) is 0 Å². The smallest absolute Gasteiger partial charge is 0.275 e. The zero-order chi connectivity index (χ0) is 31.6. The van der Waals surface area contributed by atoms with Crippen LogP contribution in [0.4, 0.5) is 15.9 Å². The average Bonchev–Trinajstić information content (AvgIpc) is 3.43. The lowest BCUT2D eigenvalue weighted by Crippen LogP contribution is -2.59. The Balaban J connectivity index is 0.851. The highest BCUT2D eigenvalue weighted by Crippen LogP contribution is 2.30. The maximum atomic E-state index is 14.3. The molecule has 2 atom stereocenters. The maximum Gasteiger partial charge on any atom is 0.275 e. The van der Waals surface area contributed by atoms with Crippen molar-refractivity contribution in [1.29, 1.82) is 0 Å². The molecule has 3 aromatic heterocycles. The summed E-state index contributed by atoms with van der Waals surface area (Å²) in [6.07, 6.45) is 7.73. The topological polar surface area (TPSA) is 191 Å². The Bertz CT molecular complexity index is 1600. The molecule has 6 heterocycles. The van der Waals surface area contributed by atoms with Crippen molar-refractivity contribution < 1.29 is 18.7 Å². The van der Waals surface area contributed by atoms with Crippen LogP contribution in [-0.2, 0) is 9.53 Å². The zero-order valence-electron chi connectivity index (χ0n) is 25.2. The number of hydrogen-bond acceptors (Lipinski definition) is 11. The van der Waals surface area contributed by atoms with Crippen molar-refractivity contribution in [3.8, 4) is 0 Å². The van der Waals surface area contributed by atoms with Gasteiger partial charge in [0.1, 0.15) is 18.1 Å². The molecular formula is C28H36FN13O3. The number of anilines is 2. The minimum atomic E-state index is -0.528. The number of aromatic nitrogens is 4. The summed E-state index contributed by atoms with van der Waals surface area (Å²) in [4.78, 5) is 44.9. The number of halogens is 1. The molecule has 3 fully saturated rings. The SMILES string of the molecule is Cc1cn2cc(NC(=O)c3cnc(N4CC(CN5CC(OCC(=O)NCCC6(CCN=[N+]=[N-])NN6C)C5)C4)cn3)cc(F)c2n1. The number of likely N-dealkylation sites (tertiary alicyclic amines) is 1. The van der Waals surface area contributed by atoms with Crippen LogP contribution in [0, 0.1) is 18.7 Å². The molecule has 6 rings (SSSR count). The molecule has 3 saturated heterocycles. The predicted octanol–water partition coefficient (Wildman–Crippen LogP) is 1.31. The van der Waals surface area contributed by atoms with E-state index in [1.807, 2.05) is 12.1 Å². The third-order valence-corrected chi connectivity index (χ3v) is 8.44. The summed E-state index contributed by atoms with van der Waals surface area (Å²) in [5, 5.41) is 11.1. The molecule has 3 N–H and O–H groups in total. The molecule has 0 spiro atoms. The molecule has 0 bridgehead atoms. The number of hydrazine groups is 1. The minimum Gasteiger partial charge on any atom is -0.366 e. The number of nitrogens with one attached hydrogen (secondary N) is 3.